The Balaban J connectivity index is 4.50. The lowest BCUT2D eigenvalue weighted by Gasteiger charge is -2.25. The summed E-state index contributed by atoms with van der Waals surface area (Å²) in [6.45, 7) is 4.80. The Morgan fingerprint density at radius 2 is 1.10 bits per heavy atom. The van der Waals surface area contributed by atoms with Crippen LogP contribution in [0.15, 0.2) is 12.2 Å². The first-order valence-corrected chi connectivity index (χ1v) is 21.6. The molecular weight excluding hydrogens is 623 g/mol. The molecule has 3 atom stereocenters. The van der Waals surface area contributed by atoms with Crippen molar-refractivity contribution in [3.63, 3.8) is 0 Å². The maximum atomic E-state index is 12.8. The fourth-order valence-corrected chi connectivity index (χ4v) is 6.48. The largest absolute Gasteiger partial charge is 0.472 e. The maximum absolute atomic E-state index is 12.8. The molecule has 3 N–H and O–H groups in total. The molecule has 286 valence electrons. The number of quaternary nitrogens is 1. The third-order valence-corrected chi connectivity index (χ3v) is 9.99. The molecule has 0 spiro atoms. The van der Waals surface area contributed by atoms with Gasteiger partial charge < -0.3 is 19.8 Å². The van der Waals surface area contributed by atoms with Gasteiger partial charge in [-0.1, -0.05) is 167 Å². The van der Waals surface area contributed by atoms with E-state index in [0.717, 1.165) is 38.5 Å². The number of likely N-dealkylation sites (N-methyl/N-ethyl adjacent to an activating group) is 1. The Bertz CT molecular complexity index is 804. The van der Waals surface area contributed by atoms with Gasteiger partial charge in [0.2, 0.25) is 5.91 Å². The first-order valence-electron chi connectivity index (χ1n) is 20.1. The zero-order chi connectivity index (χ0) is 35.8. The first-order chi connectivity index (χ1) is 23.0. The molecule has 0 bridgehead atoms. The molecule has 1 amide bonds. The number of carbonyl (C=O) groups excluding carboxylic acids is 1. The van der Waals surface area contributed by atoms with Crippen molar-refractivity contribution in [2.75, 3.05) is 40.9 Å². The van der Waals surface area contributed by atoms with Crippen molar-refractivity contribution in [3.05, 3.63) is 12.2 Å². The maximum Gasteiger partial charge on any atom is 0.472 e. The van der Waals surface area contributed by atoms with Gasteiger partial charge in [0, 0.05) is 6.42 Å². The third kappa shape index (κ3) is 33.7. The fraction of sp³-hybridized carbons (Fsp3) is 0.923. The number of unbranched alkanes of at least 4 members (excludes halogenated alkanes) is 23. The van der Waals surface area contributed by atoms with Gasteiger partial charge in [-0.15, -0.1) is 0 Å². The van der Waals surface area contributed by atoms with Crippen LogP contribution in [0.2, 0.25) is 0 Å². The van der Waals surface area contributed by atoms with Crippen LogP contribution in [-0.2, 0) is 18.4 Å². The minimum atomic E-state index is -4.32. The van der Waals surface area contributed by atoms with Crippen LogP contribution in [-0.4, -0.2) is 73.4 Å². The SMILES string of the molecule is CCCCCCCCCCCCC/C=C/C(O)[C@H](COP(=O)(O)OCC[N+](C)(C)C)NC(=O)CCCCCCCCCCCCCCC. The zero-order valence-electron chi connectivity index (χ0n) is 32.2. The van der Waals surface area contributed by atoms with E-state index in [1.54, 1.807) is 6.08 Å². The van der Waals surface area contributed by atoms with E-state index in [0.29, 0.717) is 17.4 Å². The molecule has 0 fully saturated rings. The molecule has 0 radical (unpaired) electrons. The van der Waals surface area contributed by atoms with Crippen molar-refractivity contribution in [1.29, 1.82) is 0 Å². The Morgan fingerprint density at radius 1 is 0.688 bits per heavy atom. The number of aliphatic hydroxyl groups is 1. The smallest absolute Gasteiger partial charge is 0.387 e. The molecule has 0 saturated carbocycles. The van der Waals surface area contributed by atoms with Gasteiger partial charge in [-0.3, -0.25) is 13.8 Å². The molecule has 8 nitrogen and oxygen atoms in total. The number of allylic oxidation sites excluding steroid dienone is 1. The van der Waals surface area contributed by atoms with E-state index in [1.807, 2.05) is 27.2 Å². The Morgan fingerprint density at radius 3 is 1.54 bits per heavy atom. The van der Waals surface area contributed by atoms with Crippen molar-refractivity contribution in [3.8, 4) is 0 Å². The van der Waals surface area contributed by atoms with Crippen LogP contribution < -0.4 is 5.32 Å². The van der Waals surface area contributed by atoms with E-state index in [9.17, 15) is 19.4 Å². The van der Waals surface area contributed by atoms with Crippen LogP contribution in [0.4, 0.5) is 0 Å². The molecule has 0 aliphatic heterocycles. The molecule has 9 heteroatoms. The van der Waals surface area contributed by atoms with E-state index >= 15 is 0 Å². The summed E-state index contributed by atoms with van der Waals surface area (Å²) < 4.78 is 23.5. The number of nitrogens with one attached hydrogen (secondary N) is 1. The molecular formula is C39H80N2O6P+. The molecule has 0 aromatic carbocycles. The fourth-order valence-electron chi connectivity index (χ4n) is 5.75. The molecule has 0 aromatic rings. The number of amides is 1. The molecule has 0 aliphatic carbocycles. The average molecular weight is 704 g/mol. The number of phosphoric ester groups is 1. The normalized spacial score (nSPS) is 14.7. The summed E-state index contributed by atoms with van der Waals surface area (Å²) in [4.78, 5) is 23.0. The topological polar surface area (TPSA) is 105 Å². The summed E-state index contributed by atoms with van der Waals surface area (Å²) in [5, 5.41) is 13.8. The molecule has 0 rings (SSSR count). The van der Waals surface area contributed by atoms with Gasteiger partial charge in [0.15, 0.2) is 0 Å². The van der Waals surface area contributed by atoms with Crippen molar-refractivity contribution >= 4 is 13.7 Å². The lowest BCUT2D eigenvalue weighted by atomic mass is 10.0. The number of rotatable bonds is 36. The van der Waals surface area contributed by atoms with Gasteiger partial charge in [-0.05, 0) is 19.3 Å². The highest BCUT2D eigenvalue weighted by molar-refractivity contribution is 7.47. The van der Waals surface area contributed by atoms with Crippen molar-refractivity contribution < 1.29 is 32.9 Å². The van der Waals surface area contributed by atoms with Crippen LogP contribution in [0, 0.1) is 0 Å². The molecule has 2 unspecified atom stereocenters. The van der Waals surface area contributed by atoms with Gasteiger partial charge in [0.1, 0.15) is 13.2 Å². The lowest BCUT2D eigenvalue weighted by Crippen LogP contribution is -2.45. The van der Waals surface area contributed by atoms with E-state index in [4.69, 9.17) is 9.05 Å². The summed E-state index contributed by atoms with van der Waals surface area (Å²) >= 11 is 0. The summed E-state index contributed by atoms with van der Waals surface area (Å²) in [6.07, 6.45) is 34.1. The summed E-state index contributed by atoms with van der Waals surface area (Å²) in [6, 6.07) is -0.837. The van der Waals surface area contributed by atoms with Crippen LogP contribution in [0.1, 0.15) is 181 Å². The monoisotopic (exact) mass is 704 g/mol. The third-order valence-electron chi connectivity index (χ3n) is 9.01. The number of hydrogen-bond acceptors (Lipinski definition) is 5. The van der Waals surface area contributed by atoms with Gasteiger partial charge in [-0.2, -0.15) is 0 Å². The standard InChI is InChI=1S/C39H79N2O6P/c1-6-8-10-12-14-16-18-20-22-24-26-28-30-32-38(42)37(36-47-48(44,45)46-35-34-41(3,4)5)40-39(43)33-31-29-27-25-23-21-19-17-15-13-11-9-7-2/h30,32,37-38,42H,6-29,31,33-36H2,1-5H3,(H-,40,43,44,45)/p+1/b32-30+/t37-,38?/m0/s1. The second-order valence-electron chi connectivity index (χ2n) is 15.0. The van der Waals surface area contributed by atoms with Crippen LogP contribution in [0.25, 0.3) is 0 Å². The second kappa shape index (κ2) is 32.2. The highest BCUT2D eigenvalue weighted by Crippen LogP contribution is 2.43. The van der Waals surface area contributed by atoms with E-state index < -0.39 is 20.0 Å². The van der Waals surface area contributed by atoms with Crippen LogP contribution in [0.5, 0.6) is 0 Å². The molecule has 0 heterocycles. The van der Waals surface area contributed by atoms with E-state index in [2.05, 4.69) is 19.2 Å². The Kier molecular flexibility index (Phi) is 31.7. The minimum absolute atomic E-state index is 0.0643. The summed E-state index contributed by atoms with van der Waals surface area (Å²) in [5.41, 5.74) is 0. The van der Waals surface area contributed by atoms with Gasteiger partial charge in [0.05, 0.1) is 39.9 Å². The highest BCUT2D eigenvalue weighted by Gasteiger charge is 2.27. The van der Waals surface area contributed by atoms with E-state index in [1.165, 1.54) is 122 Å². The molecule has 0 aromatic heterocycles. The predicted molar refractivity (Wildman–Crippen MR) is 203 cm³/mol. The number of aliphatic hydroxyl groups excluding tert-OH is 1. The lowest BCUT2D eigenvalue weighted by molar-refractivity contribution is -0.870. The minimum Gasteiger partial charge on any atom is -0.387 e. The van der Waals surface area contributed by atoms with Gasteiger partial charge >= 0.3 is 7.82 Å². The van der Waals surface area contributed by atoms with Crippen molar-refractivity contribution in [1.82, 2.24) is 5.32 Å². The number of carbonyl (C=O) groups is 1. The van der Waals surface area contributed by atoms with Gasteiger partial charge in [0.25, 0.3) is 0 Å². The summed E-state index contributed by atoms with van der Waals surface area (Å²) in [7, 11) is 1.58. The zero-order valence-corrected chi connectivity index (χ0v) is 33.1. The van der Waals surface area contributed by atoms with Crippen molar-refractivity contribution in [2.24, 2.45) is 0 Å². The molecule has 0 aliphatic rings. The Labute approximate surface area is 297 Å². The van der Waals surface area contributed by atoms with Crippen LogP contribution >= 0.6 is 7.82 Å². The molecule has 48 heavy (non-hydrogen) atoms. The number of nitrogens with zero attached hydrogens (tertiary/aromatic N) is 1. The number of phosphoric acid groups is 1. The summed E-state index contributed by atoms with van der Waals surface area (Å²) in [5.74, 6) is -0.178. The van der Waals surface area contributed by atoms with Gasteiger partial charge in [-0.25, -0.2) is 4.57 Å². The highest BCUT2D eigenvalue weighted by atomic mass is 31.2. The Hall–Kier alpha value is -0.760. The predicted octanol–water partition coefficient (Wildman–Crippen LogP) is 10.4. The van der Waals surface area contributed by atoms with E-state index in [-0.39, 0.29) is 19.1 Å². The quantitative estimate of drug-likeness (QED) is 0.0260. The second-order valence-corrected chi connectivity index (χ2v) is 16.5. The first kappa shape index (κ1) is 47.2. The van der Waals surface area contributed by atoms with Crippen LogP contribution in [0.3, 0.4) is 0 Å². The van der Waals surface area contributed by atoms with Crippen molar-refractivity contribution in [2.45, 2.75) is 193 Å². The average Bonchev–Trinajstić information content (AvgIpc) is 3.02. The number of hydrogen-bond donors (Lipinski definition) is 3. The molecule has 0 saturated heterocycles.